The van der Waals surface area contributed by atoms with E-state index < -0.39 is 0 Å². The number of methoxy groups -OCH3 is 2. The van der Waals surface area contributed by atoms with E-state index in [0.29, 0.717) is 11.4 Å². The normalized spacial score (nSPS) is 10.3. The van der Waals surface area contributed by atoms with Crippen LogP contribution in [0.25, 0.3) is 0 Å². The lowest BCUT2D eigenvalue weighted by molar-refractivity contribution is 0.386. The lowest BCUT2D eigenvalue weighted by Gasteiger charge is -2.09. The van der Waals surface area contributed by atoms with Gasteiger partial charge < -0.3 is 15.2 Å². The molecule has 0 saturated carbocycles. The predicted octanol–water partition coefficient (Wildman–Crippen LogP) is 3.72. The van der Waals surface area contributed by atoms with Crippen molar-refractivity contribution in [3.8, 4) is 11.5 Å². The molecule has 0 aliphatic carbocycles. The predicted molar refractivity (Wildman–Crippen MR) is 79.9 cm³/mol. The van der Waals surface area contributed by atoms with Crippen molar-refractivity contribution in [1.82, 2.24) is 0 Å². The highest BCUT2D eigenvalue weighted by atomic mass is 32.2. The van der Waals surface area contributed by atoms with E-state index in [9.17, 15) is 4.39 Å². The monoisotopic (exact) mass is 293 g/mol. The number of anilines is 1. The molecule has 0 bridgehead atoms. The Hall–Kier alpha value is -1.88. The van der Waals surface area contributed by atoms with Gasteiger partial charge >= 0.3 is 0 Å². The number of hydrogen-bond donors (Lipinski definition) is 1. The first-order valence-corrected chi connectivity index (χ1v) is 7.01. The molecule has 0 spiro atoms. The molecule has 0 saturated heterocycles. The second-order valence-corrected chi connectivity index (χ2v) is 5.18. The first-order chi connectivity index (χ1) is 9.63. The average molecular weight is 293 g/mol. The first-order valence-electron chi connectivity index (χ1n) is 6.02. The summed E-state index contributed by atoms with van der Waals surface area (Å²) in [4.78, 5) is 0.917. The zero-order valence-electron chi connectivity index (χ0n) is 11.4. The van der Waals surface area contributed by atoms with E-state index in [2.05, 4.69) is 0 Å². The second-order valence-electron chi connectivity index (χ2n) is 4.16. The molecule has 5 heteroatoms. The zero-order valence-corrected chi connectivity index (χ0v) is 12.2. The molecule has 2 N–H and O–H groups in total. The summed E-state index contributed by atoms with van der Waals surface area (Å²) in [5.41, 5.74) is 7.47. The van der Waals surface area contributed by atoms with E-state index in [1.807, 2.05) is 18.2 Å². The van der Waals surface area contributed by atoms with Gasteiger partial charge in [-0.15, -0.1) is 11.8 Å². The number of nitrogen functional groups attached to an aromatic ring is 1. The maximum Gasteiger partial charge on any atom is 0.165 e. The fourth-order valence-electron chi connectivity index (χ4n) is 1.73. The topological polar surface area (TPSA) is 44.5 Å². The quantitative estimate of drug-likeness (QED) is 0.674. The summed E-state index contributed by atoms with van der Waals surface area (Å²) < 4.78 is 23.7. The number of halogens is 1. The van der Waals surface area contributed by atoms with Crippen LogP contribution in [0.4, 0.5) is 10.1 Å². The Labute approximate surface area is 121 Å². The van der Waals surface area contributed by atoms with Crippen molar-refractivity contribution in [3.05, 3.63) is 47.8 Å². The van der Waals surface area contributed by atoms with Crippen molar-refractivity contribution in [2.45, 2.75) is 10.6 Å². The Morgan fingerprint density at radius 2 is 1.90 bits per heavy atom. The van der Waals surface area contributed by atoms with E-state index in [0.717, 1.165) is 16.2 Å². The van der Waals surface area contributed by atoms with Gasteiger partial charge in [0, 0.05) is 16.3 Å². The smallest absolute Gasteiger partial charge is 0.165 e. The lowest BCUT2D eigenvalue weighted by Crippen LogP contribution is -1.92. The SMILES string of the molecule is COc1ccc(N)c(SCc2ccc(OC)c(F)c2)c1. The van der Waals surface area contributed by atoms with Crippen LogP contribution in [0.15, 0.2) is 41.3 Å². The molecule has 0 radical (unpaired) electrons. The Kier molecular flexibility index (Phi) is 4.74. The highest BCUT2D eigenvalue weighted by Gasteiger charge is 2.06. The van der Waals surface area contributed by atoms with Crippen LogP contribution in [-0.4, -0.2) is 14.2 Å². The van der Waals surface area contributed by atoms with E-state index in [4.69, 9.17) is 15.2 Å². The molecule has 0 fully saturated rings. The van der Waals surface area contributed by atoms with Crippen LogP contribution in [-0.2, 0) is 5.75 Å². The van der Waals surface area contributed by atoms with Crippen LogP contribution in [0.1, 0.15) is 5.56 Å². The first kappa shape index (κ1) is 14.5. The summed E-state index contributed by atoms with van der Waals surface area (Å²) >= 11 is 1.54. The van der Waals surface area contributed by atoms with Crippen molar-refractivity contribution >= 4 is 17.4 Å². The Morgan fingerprint density at radius 3 is 2.55 bits per heavy atom. The highest BCUT2D eigenvalue weighted by Crippen LogP contribution is 2.32. The van der Waals surface area contributed by atoms with E-state index in [1.165, 1.54) is 24.9 Å². The van der Waals surface area contributed by atoms with Gasteiger partial charge in [0.25, 0.3) is 0 Å². The zero-order chi connectivity index (χ0) is 14.5. The van der Waals surface area contributed by atoms with Gasteiger partial charge in [0.2, 0.25) is 0 Å². The molecular formula is C15H16FNO2S. The molecule has 0 amide bonds. The van der Waals surface area contributed by atoms with Crippen LogP contribution < -0.4 is 15.2 Å². The maximum atomic E-state index is 13.6. The van der Waals surface area contributed by atoms with Gasteiger partial charge in [-0.2, -0.15) is 0 Å². The Balaban J connectivity index is 2.10. The van der Waals surface area contributed by atoms with Gasteiger partial charge in [0.15, 0.2) is 11.6 Å². The number of rotatable bonds is 5. The fourth-order valence-corrected chi connectivity index (χ4v) is 2.66. The number of thioether (sulfide) groups is 1. The maximum absolute atomic E-state index is 13.6. The number of hydrogen-bond acceptors (Lipinski definition) is 4. The van der Waals surface area contributed by atoms with Gasteiger partial charge in [-0.3, -0.25) is 0 Å². The Morgan fingerprint density at radius 1 is 1.10 bits per heavy atom. The summed E-state index contributed by atoms with van der Waals surface area (Å²) in [5, 5.41) is 0. The van der Waals surface area contributed by atoms with Crippen molar-refractivity contribution < 1.29 is 13.9 Å². The summed E-state index contributed by atoms with van der Waals surface area (Å²) in [5.74, 6) is 1.27. The molecule has 0 aromatic heterocycles. The van der Waals surface area contributed by atoms with Crippen LogP contribution in [0.5, 0.6) is 11.5 Å². The molecular weight excluding hydrogens is 277 g/mol. The summed E-state index contributed by atoms with van der Waals surface area (Å²) in [6.45, 7) is 0. The van der Waals surface area contributed by atoms with Crippen molar-refractivity contribution in [1.29, 1.82) is 0 Å². The molecule has 0 aliphatic rings. The van der Waals surface area contributed by atoms with Gasteiger partial charge in [0.05, 0.1) is 14.2 Å². The third kappa shape index (κ3) is 3.36. The minimum absolute atomic E-state index is 0.250. The lowest BCUT2D eigenvalue weighted by atomic mass is 10.2. The molecule has 0 heterocycles. The summed E-state index contributed by atoms with van der Waals surface area (Å²) in [6.07, 6.45) is 0. The van der Waals surface area contributed by atoms with E-state index in [1.54, 1.807) is 19.2 Å². The van der Waals surface area contributed by atoms with E-state index in [-0.39, 0.29) is 11.6 Å². The Bertz CT molecular complexity index is 604. The van der Waals surface area contributed by atoms with Gasteiger partial charge in [-0.1, -0.05) is 6.07 Å². The van der Waals surface area contributed by atoms with Crippen molar-refractivity contribution in [2.24, 2.45) is 0 Å². The highest BCUT2D eigenvalue weighted by molar-refractivity contribution is 7.98. The van der Waals surface area contributed by atoms with Crippen LogP contribution >= 0.6 is 11.8 Å². The largest absolute Gasteiger partial charge is 0.497 e. The third-order valence-corrected chi connectivity index (χ3v) is 3.97. The minimum atomic E-state index is -0.357. The molecule has 3 nitrogen and oxygen atoms in total. The molecule has 0 atom stereocenters. The number of benzene rings is 2. The van der Waals surface area contributed by atoms with Gasteiger partial charge in [-0.05, 0) is 35.9 Å². The second kappa shape index (κ2) is 6.52. The van der Waals surface area contributed by atoms with Crippen molar-refractivity contribution in [3.63, 3.8) is 0 Å². The molecule has 2 rings (SSSR count). The molecule has 0 aliphatic heterocycles. The van der Waals surface area contributed by atoms with E-state index >= 15 is 0 Å². The average Bonchev–Trinajstić information content (AvgIpc) is 2.46. The van der Waals surface area contributed by atoms with Gasteiger partial charge in [0.1, 0.15) is 5.75 Å². The summed E-state index contributed by atoms with van der Waals surface area (Å²) in [6, 6.07) is 10.4. The summed E-state index contributed by atoms with van der Waals surface area (Å²) in [7, 11) is 3.06. The molecule has 2 aromatic carbocycles. The minimum Gasteiger partial charge on any atom is -0.497 e. The molecule has 2 aromatic rings. The fraction of sp³-hybridized carbons (Fsp3) is 0.200. The van der Waals surface area contributed by atoms with Gasteiger partial charge in [-0.25, -0.2) is 4.39 Å². The van der Waals surface area contributed by atoms with Crippen LogP contribution in [0, 0.1) is 5.82 Å². The number of nitrogens with two attached hydrogens (primary N) is 1. The number of ether oxygens (including phenoxy) is 2. The molecule has 0 unspecified atom stereocenters. The standard InChI is InChI=1S/C15H16FNO2S/c1-18-11-4-5-13(17)15(8-11)20-9-10-3-6-14(19-2)12(16)7-10/h3-8H,9,17H2,1-2H3. The molecule has 20 heavy (non-hydrogen) atoms. The van der Waals surface area contributed by atoms with Crippen LogP contribution in [0.3, 0.4) is 0 Å². The molecule has 106 valence electrons. The van der Waals surface area contributed by atoms with Crippen molar-refractivity contribution in [2.75, 3.05) is 20.0 Å². The third-order valence-electron chi connectivity index (χ3n) is 2.83. The van der Waals surface area contributed by atoms with Crippen LogP contribution in [0.2, 0.25) is 0 Å².